The Morgan fingerprint density at radius 3 is 2.60 bits per heavy atom. The number of rotatable bonds is 2. The summed E-state index contributed by atoms with van der Waals surface area (Å²) < 4.78 is 0. The van der Waals surface area contributed by atoms with Gasteiger partial charge >= 0.3 is 6.03 Å². The highest BCUT2D eigenvalue weighted by Crippen LogP contribution is 1.98. The van der Waals surface area contributed by atoms with E-state index < -0.39 is 6.03 Å². The number of nitrogens with zero attached hydrogens (tertiary/aromatic N) is 1. The Bertz CT molecular complexity index is 212. The Kier molecular flexibility index (Phi) is 2.16. The summed E-state index contributed by atoms with van der Waals surface area (Å²) in [6, 6.07) is -0.555. The molecule has 0 spiro atoms. The molecule has 0 aromatic rings. The Morgan fingerprint density at radius 2 is 2.20 bits per heavy atom. The van der Waals surface area contributed by atoms with Gasteiger partial charge in [-0.05, 0) is 0 Å². The van der Waals surface area contributed by atoms with Gasteiger partial charge < -0.3 is 0 Å². The minimum absolute atomic E-state index is 0.307. The number of amides is 3. The van der Waals surface area contributed by atoms with Crippen LogP contribution in [0.25, 0.3) is 0 Å². The third kappa shape index (κ3) is 1.41. The summed E-state index contributed by atoms with van der Waals surface area (Å²) in [4.78, 5) is 24.5. The van der Waals surface area contributed by atoms with Crippen molar-refractivity contribution in [1.29, 1.82) is 0 Å². The van der Waals surface area contributed by atoms with E-state index in [0.717, 1.165) is 0 Å². The minimum Gasteiger partial charge on any atom is -0.271 e. The van der Waals surface area contributed by atoms with Gasteiger partial charge in [-0.3, -0.25) is 10.1 Å². The summed E-state index contributed by atoms with van der Waals surface area (Å²) >= 11 is 3.13. The standard InChI is InChI=1S/C5H5BrN2O2/c6-2-1-3-4(9)8-5(10)7-3/h1-2H2,(H,8,9,10). The summed E-state index contributed by atoms with van der Waals surface area (Å²) in [5, 5.41) is 2.69. The topological polar surface area (TPSA) is 58.5 Å². The smallest absolute Gasteiger partial charge is 0.271 e. The summed E-state index contributed by atoms with van der Waals surface area (Å²) in [7, 11) is 0. The van der Waals surface area contributed by atoms with E-state index in [1.54, 1.807) is 0 Å². The number of aliphatic imine (C=N–C) groups is 1. The largest absolute Gasteiger partial charge is 0.348 e. The maximum Gasteiger partial charge on any atom is 0.348 e. The van der Waals surface area contributed by atoms with E-state index in [4.69, 9.17) is 0 Å². The summed E-state index contributed by atoms with van der Waals surface area (Å²) in [6.07, 6.45) is 0.498. The number of carbonyl (C=O) groups excluding carboxylic acids is 2. The predicted octanol–water partition coefficient (Wildman–Crippen LogP) is 0.462. The van der Waals surface area contributed by atoms with E-state index in [2.05, 4.69) is 20.9 Å². The van der Waals surface area contributed by atoms with Crippen molar-refractivity contribution in [2.75, 3.05) is 5.33 Å². The van der Waals surface area contributed by atoms with Crippen LogP contribution in [-0.4, -0.2) is 23.0 Å². The zero-order chi connectivity index (χ0) is 7.56. The first kappa shape index (κ1) is 7.40. The van der Waals surface area contributed by atoms with Crippen molar-refractivity contribution in [3.63, 3.8) is 0 Å². The molecule has 5 heteroatoms. The van der Waals surface area contributed by atoms with Gasteiger partial charge in [0.15, 0.2) is 0 Å². The van der Waals surface area contributed by atoms with Crippen LogP contribution in [-0.2, 0) is 4.79 Å². The second-order valence-electron chi connectivity index (χ2n) is 1.76. The molecule has 1 aliphatic rings. The van der Waals surface area contributed by atoms with Gasteiger partial charge in [-0.15, -0.1) is 0 Å². The number of halogens is 1. The Hall–Kier alpha value is -0.710. The molecule has 0 unspecified atom stereocenters. The number of imide groups is 1. The molecule has 3 amide bonds. The molecule has 0 saturated heterocycles. The number of nitrogens with one attached hydrogen (secondary N) is 1. The van der Waals surface area contributed by atoms with E-state index in [0.29, 0.717) is 17.5 Å². The van der Waals surface area contributed by atoms with E-state index in [9.17, 15) is 9.59 Å². The molecular weight excluding hydrogens is 200 g/mol. The lowest BCUT2D eigenvalue weighted by atomic mass is 10.3. The lowest BCUT2D eigenvalue weighted by Gasteiger charge is -1.89. The zero-order valence-electron chi connectivity index (χ0n) is 5.06. The van der Waals surface area contributed by atoms with Crippen LogP contribution < -0.4 is 5.32 Å². The van der Waals surface area contributed by atoms with Gasteiger partial charge in [0.05, 0.1) is 0 Å². The van der Waals surface area contributed by atoms with Crippen molar-refractivity contribution in [3.05, 3.63) is 0 Å². The monoisotopic (exact) mass is 204 g/mol. The van der Waals surface area contributed by atoms with E-state index in [-0.39, 0.29) is 5.91 Å². The molecule has 0 aromatic heterocycles. The Balaban J connectivity index is 2.65. The predicted molar refractivity (Wildman–Crippen MR) is 39.4 cm³/mol. The van der Waals surface area contributed by atoms with Crippen LogP contribution >= 0.6 is 15.9 Å². The highest BCUT2D eigenvalue weighted by atomic mass is 79.9. The zero-order valence-corrected chi connectivity index (χ0v) is 6.64. The quantitative estimate of drug-likeness (QED) is 0.665. The normalized spacial score (nSPS) is 17.1. The SMILES string of the molecule is O=C1N=C(CCBr)C(=O)N1. The fourth-order valence-corrected chi connectivity index (χ4v) is 1.01. The molecule has 0 saturated carbocycles. The van der Waals surface area contributed by atoms with Crippen LogP contribution in [0.2, 0.25) is 0 Å². The third-order valence-corrected chi connectivity index (χ3v) is 1.45. The van der Waals surface area contributed by atoms with E-state index in [1.165, 1.54) is 0 Å². The molecular formula is C5H5BrN2O2. The maximum absolute atomic E-state index is 10.7. The van der Waals surface area contributed by atoms with Crippen LogP contribution in [0.1, 0.15) is 6.42 Å². The summed E-state index contributed by atoms with van der Waals surface area (Å²) in [5.74, 6) is -0.371. The van der Waals surface area contributed by atoms with Gasteiger partial charge in [0, 0.05) is 11.8 Å². The fraction of sp³-hybridized carbons (Fsp3) is 0.400. The van der Waals surface area contributed by atoms with Gasteiger partial charge in [0.1, 0.15) is 5.71 Å². The molecule has 10 heavy (non-hydrogen) atoms. The highest BCUT2D eigenvalue weighted by molar-refractivity contribution is 9.09. The molecule has 0 aliphatic carbocycles. The number of alkyl halides is 1. The van der Waals surface area contributed by atoms with Crippen LogP contribution in [0.15, 0.2) is 4.99 Å². The van der Waals surface area contributed by atoms with E-state index in [1.807, 2.05) is 5.32 Å². The van der Waals surface area contributed by atoms with Gasteiger partial charge in [-0.25, -0.2) is 4.79 Å². The first-order valence-electron chi connectivity index (χ1n) is 2.73. The molecule has 4 nitrogen and oxygen atoms in total. The summed E-state index contributed by atoms with van der Waals surface area (Å²) in [5.41, 5.74) is 0.307. The van der Waals surface area contributed by atoms with Crippen LogP contribution in [0.3, 0.4) is 0 Å². The lowest BCUT2D eigenvalue weighted by Crippen LogP contribution is -2.25. The van der Waals surface area contributed by atoms with Gasteiger partial charge in [0.25, 0.3) is 5.91 Å². The van der Waals surface area contributed by atoms with Crippen molar-refractivity contribution in [1.82, 2.24) is 5.32 Å². The molecule has 1 heterocycles. The van der Waals surface area contributed by atoms with Crippen LogP contribution in [0, 0.1) is 0 Å². The number of hydrogen-bond donors (Lipinski definition) is 1. The molecule has 1 rings (SSSR count). The summed E-state index contributed by atoms with van der Waals surface area (Å²) in [6.45, 7) is 0. The van der Waals surface area contributed by atoms with Gasteiger partial charge in [-0.2, -0.15) is 4.99 Å². The fourth-order valence-electron chi connectivity index (χ4n) is 0.630. The molecule has 0 radical (unpaired) electrons. The second-order valence-corrected chi connectivity index (χ2v) is 2.55. The van der Waals surface area contributed by atoms with Crippen molar-refractivity contribution in [2.24, 2.45) is 4.99 Å². The lowest BCUT2D eigenvalue weighted by molar-refractivity contribution is -0.113. The first-order valence-corrected chi connectivity index (χ1v) is 3.85. The molecule has 54 valence electrons. The van der Waals surface area contributed by atoms with Crippen molar-refractivity contribution in [2.45, 2.75) is 6.42 Å². The second kappa shape index (κ2) is 2.92. The maximum atomic E-state index is 10.7. The average Bonchev–Trinajstić information content (AvgIpc) is 2.13. The van der Waals surface area contributed by atoms with E-state index >= 15 is 0 Å². The minimum atomic E-state index is -0.555. The van der Waals surface area contributed by atoms with Gasteiger partial charge in [-0.1, -0.05) is 15.9 Å². The molecule has 0 bridgehead atoms. The Morgan fingerprint density at radius 1 is 1.50 bits per heavy atom. The molecule has 0 fully saturated rings. The number of urea groups is 1. The van der Waals surface area contributed by atoms with Crippen LogP contribution in [0.4, 0.5) is 4.79 Å². The molecule has 0 aromatic carbocycles. The molecule has 1 aliphatic heterocycles. The van der Waals surface area contributed by atoms with Gasteiger partial charge in [0.2, 0.25) is 0 Å². The van der Waals surface area contributed by atoms with Crippen molar-refractivity contribution >= 4 is 33.6 Å². The van der Waals surface area contributed by atoms with Crippen molar-refractivity contribution in [3.8, 4) is 0 Å². The molecule has 0 atom stereocenters. The average molecular weight is 205 g/mol. The number of carbonyl (C=O) groups is 2. The van der Waals surface area contributed by atoms with Crippen LogP contribution in [0.5, 0.6) is 0 Å². The van der Waals surface area contributed by atoms with Crippen molar-refractivity contribution < 1.29 is 9.59 Å². The number of hydrogen-bond acceptors (Lipinski definition) is 2. The highest BCUT2D eigenvalue weighted by Gasteiger charge is 2.21. The Labute approximate surface area is 65.8 Å². The first-order chi connectivity index (χ1) is 4.74. The third-order valence-electron chi connectivity index (χ3n) is 1.05. The molecule has 1 N–H and O–H groups in total.